The number of ether oxygens (including phenoxy) is 1. The third-order valence-corrected chi connectivity index (χ3v) is 5.75. The lowest BCUT2D eigenvalue weighted by Crippen LogP contribution is -2.43. The second-order valence-electron chi connectivity index (χ2n) is 6.30. The first-order chi connectivity index (χ1) is 11.5. The fraction of sp³-hybridized carbons (Fsp3) is 0.529. The minimum absolute atomic E-state index is 0.136. The third kappa shape index (κ3) is 3.39. The van der Waals surface area contributed by atoms with Crippen molar-refractivity contribution < 1.29 is 19.4 Å². The fourth-order valence-electron chi connectivity index (χ4n) is 3.61. The van der Waals surface area contributed by atoms with Crippen molar-refractivity contribution in [3.63, 3.8) is 0 Å². The number of hydrogen-bond donors (Lipinski definition) is 1. The molecule has 0 aromatic heterocycles. The largest absolute Gasteiger partial charge is 0.481 e. The molecule has 7 heteroatoms. The molecule has 2 atom stereocenters. The summed E-state index contributed by atoms with van der Waals surface area (Å²) < 4.78 is 5.66. The van der Waals surface area contributed by atoms with E-state index in [1.54, 1.807) is 23.1 Å². The van der Waals surface area contributed by atoms with E-state index in [9.17, 15) is 14.7 Å². The maximum atomic E-state index is 12.6. The van der Waals surface area contributed by atoms with Crippen molar-refractivity contribution in [1.82, 2.24) is 4.90 Å². The van der Waals surface area contributed by atoms with Crippen LogP contribution in [0.3, 0.4) is 0 Å². The Morgan fingerprint density at radius 2 is 1.88 bits per heavy atom. The molecule has 2 fully saturated rings. The quantitative estimate of drug-likeness (QED) is 0.884. The van der Waals surface area contributed by atoms with Crippen molar-refractivity contribution in [3.8, 4) is 0 Å². The van der Waals surface area contributed by atoms with Crippen LogP contribution in [-0.2, 0) is 9.53 Å². The molecule has 3 rings (SSSR count). The molecule has 0 radical (unpaired) electrons. The number of carbonyl (C=O) groups is 2. The molecule has 5 nitrogen and oxygen atoms in total. The number of piperidine rings is 1. The molecule has 24 heavy (non-hydrogen) atoms. The fourth-order valence-corrected chi connectivity index (χ4v) is 3.99. The van der Waals surface area contributed by atoms with Gasteiger partial charge in [0.25, 0.3) is 5.91 Å². The van der Waals surface area contributed by atoms with Gasteiger partial charge in [0.15, 0.2) is 0 Å². The predicted molar refractivity (Wildman–Crippen MR) is 90.6 cm³/mol. The zero-order chi connectivity index (χ0) is 17.3. The van der Waals surface area contributed by atoms with Crippen LogP contribution in [0.5, 0.6) is 0 Å². The van der Waals surface area contributed by atoms with Crippen LogP contribution in [-0.4, -0.2) is 47.7 Å². The van der Waals surface area contributed by atoms with Crippen molar-refractivity contribution in [1.29, 1.82) is 0 Å². The highest BCUT2D eigenvalue weighted by Crippen LogP contribution is 2.34. The molecule has 1 aromatic carbocycles. The number of carboxylic acids is 1. The van der Waals surface area contributed by atoms with E-state index in [1.165, 1.54) is 0 Å². The average Bonchev–Trinajstić information content (AvgIpc) is 3.07. The summed E-state index contributed by atoms with van der Waals surface area (Å²) in [7, 11) is 0. The van der Waals surface area contributed by atoms with E-state index < -0.39 is 11.9 Å². The molecule has 0 aliphatic carbocycles. The van der Waals surface area contributed by atoms with Crippen molar-refractivity contribution in [3.05, 3.63) is 33.8 Å². The minimum Gasteiger partial charge on any atom is -0.481 e. The Morgan fingerprint density at radius 1 is 1.17 bits per heavy atom. The number of likely N-dealkylation sites (tertiary alicyclic amines) is 1. The van der Waals surface area contributed by atoms with Gasteiger partial charge < -0.3 is 14.7 Å². The second kappa shape index (κ2) is 7.30. The van der Waals surface area contributed by atoms with Crippen LogP contribution in [0.15, 0.2) is 18.2 Å². The molecule has 130 valence electrons. The Labute approximate surface area is 150 Å². The number of carbonyl (C=O) groups excluding carboxylic acids is 1. The summed E-state index contributed by atoms with van der Waals surface area (Å²) in [5, 5.41) is 9.92. The lowest BCUT2D eigenvalue weighted by Gasteiger charge is -2.35. The summed E-state index contributed by atoms with van der Waals surface area (Å²) >= 11 is 12.1. The molecule has 1 amide bonds. The number of halogens is 2. The maximum Gasteiger partial charge on any atom is 0.309 e. The summed E-state index contributed by atoms with van der Waals surface area (Å²) in [5.74, 6) is -1.18. The molecular formula is C17H19Cl2NO4. The molecule has 1 aromatic rings. The molecule has 2 aliphatic rings. The summed E-state index contributed by atoms with van der Waals surface area (Å²) in [6.07, 6.45) is 1.79. The molecule has 2 saturated heterocycles. The number of aliphatic carboxylic acids is 1. The Balaban J connectivity index is 1.64. The average molecular weight is 372 g/mol. The van der Waals surface area contributed by atoms with Crippen LogP contribution in [0.2, 0.25) is 10.0 Å². The third-order valence-electron chi connectivity index (χ3n) is 4.93. The Bertz CT molecular complexity index is 643. The van der Waals surface area contributed by atoms with Crippen LogP contribution < -0.4 is 0 Å². The summed E-state index contributed by atoms with van der Waals surface area (Å²) in [4.78, 5) is 25.7. The van der Waals surface area contributed by atoms with E-state index in [-0.39, 0.29) is 23.0 Å². The smallest absolute Gasteiger partial charge is 0.309 e. The second-order valence-corrected chi connectivity index (χ2v) is 7.08. The van der Waals surface area contributed by atoms with Gasteiger partial charge in [0.1, 0.15) is 0 Å². The topological polar surface area (TPSA) is 66.8 Å². The molecule has 1 unspecified atom stereocenters. The zero-order valence-corrected chi connectivity index (χ0v) is 14.6. The molecule has 1 N–H and O–H groups in total. The van der Waals surface area contributed by atoms with Crippen molar-refractivity contribution in [2.45, 2.75) is 25.4 Å². The zero-order valence-electron chi connectivity index (χ0n) is 13.1. The van der Waals surface area contributed by atoms with Gasteiger partial charge in [0.2, 0.25) is 0 Å². The van der Waals surface area contributed by atoms with Crippen LogP contribution in [0.25, 0.3) is 0 Å². The maximum absolute atomic E-state index is 12.6. The standard InChI is InChI=1S/C17H19Cl2NO4/c18-13-3-1-2-11(14(13)19)16(21)20-7-4-10(5-8-20)15-12(17(22)23)6-9-24-15/h1-3,10,12,15H,4-9H2,(H,22,23)/t12?,15-/m0/s1. The normalized spacial score (nSPS) is 25.0. The van der Waals surface area contributed by atoms with Crippen molar-refractivity contribution in [2.75, 3.05) is 19.7 Å². The number of hydrogen-bond acceptors (Lipinski definition) is 3. The predicted octanol–water partition coefficient (Wildman–Crippen LogP) is 3.34. The molecular weight excluding hydrogens is 353 g/mol. The van der Waals surface area contributed by atoms with Gasteiger partial charge in [-0.2, -0.15) is 0 Å². The molecule has 0 saturated carbocycles. The highest BCUT2D eigenvalue weighted by atomic mass is 35.5. The van der Waals surface area contributed by atoms with Gasteiger partial charge in [0, 0.05) is 19.7 Å². The first-order valence-corrected chi connectivity index (χ1v) is 8.82. The van der Waals surface area contributed by atoms with Gasteiger partial charge in [-0.1, -0.05) is 29.3 Å². The van der Waals surface area contributed by atoms with Gasteiger partial charge in [-0.3, -0.25) is 9.59 Å². The van der Waals surface area contributed by atoms with Gasteiger partial charge in [0.05, 0.1) is 27.6 Å². The van der Waals surface area contributed by atoms with Crippen molar-refractivity contribution >= 4 is 35.1 Å². The highest BCUT2D eigenvalue weighted by Gasteiger charge is 2.40. The van der Waals surface area contributed by atoms with Gasteiger partial charge >= 0.3 is 5.97 Å². The summed E-state index contributed by atoms with van der Waals surface area (Å²) in [6.45, 7) is 1.63. The van der Waals surface area contributed by atoms with E-state index in [2.05, 4.69) is 0 Å². The molecule has 0 bridgehead atoms. The SMILES string of the molecule is O=C(O)C1CCO[C@H]1C1CCN(C(=O)c2cccc(Cl)c2Cl)CC1. The lowest BCUT2D eigenvalue weighted by molar-refractivity contribution is -0.145. The van der Waals surface area contributed by atoms with Crippen LogP contribution in [0, 0.1) is 11.8 Å². The van der Waals surface area contributed by atoms with Crippen LogP contribution in [0.1, 0.15) is 29.6 Å². The van der Waals surface area contributed by atoms with Crippen LogP contribution >= 0.6 is 23.2 Å². The van der Waals surface area contributed by atoms with Gasteiger partial charge in [-0.05, 0) is 37.3 Å². The molecule has 2 aliphatic heterocycles. The van der Waals surface area contributed by atoms with Crippen molar-refractivity contribution in [2.24, 2.45) is 11.8 Å². The van der Waals surface area contributed by atoms with Gasteiger partial charge in [-0.15, -0.1) is 0 Å². The molecule has 2 heterocycles. The number of rotatable bonds is 3. The number of amides is 1. The van der Waals surface area contributed by atoms with E-state index in [0.29, 0.717) is 36.7 Å². The Hall–Kier alpha value is -1.30. The van der Waals surface area contributed by atoms with E-state index >= 15 is 0 Å². The Kier molecular flexibility index (Phi) is 5.33. The van der Waals surface area contributed by atoms with E-state index in [1.807, 2.05) is 0 Å². The van der Waals surface area contributed by atoms with E-state index in [4.69, 9.17) is 27.9 Å². The Morgan fingerprint density at radius 3 is 2.54 bits per heavy atom. The number of benzene rings is 1. The van der Waals surface area contributed by atoms with Gasteiger partial charge in [-0.25, -0.2) is 0 Å². The first-order valence-electron chi connectivity index (χ1n) is 8.06. The lowest BCUT2D eigenvalue weighted by atomic mass is 9.84. The number of nitrogens with zero attached hydrogens (tertiary/aromatic N) is 1. The highest BCUT2D eigenvalue weighted by molar-refractivity contribution is 6.43. The van der Waals surface area contributed by atoms with Crippen LogP contribution in [0.4, 0.5) is 0 Å². The molecule has 0 spiro atoms. The minimum atomic E-state index is -0.790. The number of carboxylic acid groups (broad SMARTS) is 1. The summed E-state index contributed by atoms with van der Waals surface area (Å²) in [6, 6.07) is 5.03. The monoisotopic (exact) mass is 371 g/mol. The summed E-state index contributed by atoms with van der Waals surface area (Å²) in [5.41, 5.74) is 0.406. The first kappa shape index (κ1) is 17.5. The van der Waals surface area contributed by atoms with E-state index in [0.717, 1.165) is 12.8 Å².